The molecular formula is C23H26N4O3S. The van der Waals surface area contributed by atoms with Crippen molar-refractivity contribution in [1.29, 1.82) is 0 Å². The quantitative estimate of drug-likeness (QED) is 0.494. The van der Waals surface area contributed by atoms with E-state index in [4.69, 9.17) is 0 Å². The van der Waals surface area contributed by atoms with E-state index in [9.17, 15) is 13.2 Å². The lowest BCUT2D eigenvalue weighted by atomic mass is 10.0. The number of aromatic nitrogens is 1. The SMILES string of the molecule is CNS(=O)(=O)c1ccc2c(c1)/C(=C/c1[nH]c3ccccc3c1CCCN(C)C)C(=O)N2. The Kier molecular flexibility index (Phi) is 5.70. The molecule has 1 aliphatic rings. The van der Waals surface area contributed by atoms with Crippen LogP contribution in [0, 0.1) is 0 Å². The number of para-hydroxylation sites is 1. The molecule has 3 N–H and O–H groups in total. The number of nitrogens with one attached hydrogen (secondary N) is 3. The lowest BCUT2D eigenvalue weighted by Gasteiger charge is -2.09. The molecule has 0 spiro atoms. The van der Waals surface area contributed by atoms with Crippen LogP contribution in [0.3, 0.4) is 0 Å². The highest BCUT2D eigenvalue weighted by molar-refractivity contribution is 7.89. The van der Waals surface area contributed by atoms with Crippen molar-refractivity contribution >= 4 is 44.2 Å². The van der Waals surface area contributed by atoms with Gasteiger partial charge in [-0.1, -0.05) is 18.2 Å². The Morgan fingerprint density at radius 3 is 2.65 bits per heavy atom. The average molecular weight is 439 g/mol. The summed E-state index contributed by atoms with van der Waals surface area (Å²) in [6.45, 7) is 0.962. The highest BCUT2D eigenvalue weighted by atomic mass is 32.2. The summed E-state index contributed by atoms with van der Waals surface area (Å²) < 4.78 is 26.8. The second-order valence-corrected chi connectivity index (χ2v) is 9.78. The normalized spacial score (nSPS) is 15.1. The van der Waals surface area contributed by atoms with E-state index in [1.807, 2.05) is 24.3 Å². The number of anilines is 1. The average Bonchev–Trinajstić information content (AvgIpc) is 3.25. The zero-order valence-corrected chi connectivity index (χ0v) is 18.6. The molecule has 0 saturated carbocycles. The Labute approximate surface area is 182 Å². The van der Waals surface area contributed by atoms with Gasteiger partial charge in [0, 0.05) is 27.8 Å². The van der Waals surface area contributed by atoms with Crippen LogP contribution < -0.4 is 10.0 Å². The molecule has 8 heteroatoms. The topological polar surface area (TPSA) is 94.3 Å². The third-order valence-electron chi connectivity index (χ3n) is 5.52. The zero-order valence-electron chi connectivity index (χ0n) is 17.8. The molecule has 0 unspecified atom stereocenters. The van der Waals surface area contributed by atoms with Crippen molar-refractivity contribution in [3.63, 3.8) is 0 Å². The summed E-state index contributed by atoms with van der Waals surface area (Å²) in [6, 6.07) is 12.7. The molecule has 1 aromatic heterocycles. The fraction of sp³-hybridized carbons (Fsp3) is 0.261. The largest absolute Gasteiger partial charge is 0.355 e. The van der Waals surface area contributed by atoms with Gasteiger partial charge in [0.1, 0.15) is 0 Å². The van der Waals surface area contributed by atoms with Gasteiger partial charge in [-0.2, -0.15) is 0 Å². The van der Waals surface area contributed by atoms with Crippen LogP contribution in [0.5, 0.6) is 0 Å². The van der Waals surface area contributed by atoms with E-state index in [1.165, 1.54) is 13.1 Å². The van der Waals surface area contributed by atoms with Gasteiger partial charge in [-0.05, 0) is 76.4 Å². The van der Waals surface area contributed by atoms with Crippen molar-refractivity contribution in [1.82, 2.24) is 14.6 Å². The standard InChI is InChI=1S/C23H26N4O3S/c1-24-31(29,30)15-10-11-21-18(13-15)19(23(28)26-21)14-22-17(8-6-12-27(2)3)16-7-4-5-9-20(16)25-22/h4-5,7,9-11,13-14,24-25H,6,8,12H2,1-3H3,(H,26,28)/b19-14-. The van der Waals surface area contributed by atoms with Crippen molar-refractivity contribution in [2.75, 3.05) is 33.0 Å². The number of hydrogen-bond donors (Lipinski definition) is 3. The van der Waals surface area contributed by atoms with Gasteiger partial charge >= 0.3 is 0 Å². The molecule has 1 amide bonds. The van der Waals surface area contributed by atoms with Gasteiger partial charge in [0.2, 0.25) is 10.0 Å². The van der Waals surface area contributed by atoms with E-state index in [2.05, 4.69) is 40.1 Å². The van der Waals surface area contributed by atoms with Gasteiger partial charge in [0.15, 0.2) is 0 Å². The predicted octanol–water partition coefficient (Wildman–Crippen LogP) is 3.06. The molecule has 1 aliphatic heterocycles. The van der Waals surface area contributed by atoms with Crippen LogP contribution in [0.25, 0.3) is 22.6 Å². The third kappa shape index (κ3) is 4.14. The summed E-state index contributed by atoms with van der Waals surface area (Å²) in [5.74, 6) is -0.244. The molecule has 0 fully saturated rings. The van der Waals surface area contributed by atoms with Gasteiger partial charge in [-0.15, -0.1) is 0 Å². The van der Waals surface area contributed by atoms with Crippen LogP contribution in [0.15, 0.2) is 47.4 Å². The zero-order chi connectivity index (χ0) is 22.2. The van der Waals surface area contributed by atoms with Crippen molar-refractivity contribution in [2.24, 2.45) is 0 Å². The van der Waals surface area contributed by atoms with E-state index < -0.39 is 10.0 Å². The molecular weight excluding hydrogens is 412 g/mol. The Hall–Kier alpha value is -2.94. The maximum Gasteiger partial charge on any atom is 0.256 e. The number of sulfonamides is 1. The number of benzene rings is 2. The Morgan fingerprint density at radius 1 is 1.13 bits per heavy atom. The minimum Gasteiger partial charge on any atom is -0.355 e. The first-order valence-electron chi connectivity index (χ1n) is 10.2. The number of hydrogen-bond acceptors (Lipinski definition) is 4. The second kappa shape index (κ2) is 8.30. The first-order valence-corrected chi connectivity index (χ1v) is 11.6. The van der Waals surface area contributed by atoms with Crippen molar-refractivity contribution in [3.05, 3.63) is 59.3 Å². The Bertz CT molecular complexity index is 1290. The number of nitrogens with zero attached hydrogens (tertiary/aromatic N) is 1. The third-order valence-corrected chi connectivity index (χ3v) is 6.93. The Balaban J connectivity index is 1.81. The van der Waals surface area contributed by atoms with Gasteiger partial charge in [0.05, 0.1) is 10.5 Å². The summed E-state index contributed by atoms with van der Waals surface area (Å²) in [5, 5.41) is 3.97. The molecule has 0 aliphatic carbocycles. The predicted molar refractivity (Wildman–Crippen MR) is 124 cm³/mol. The van der Waals surface area contributed by atoms with Crippen LogP contribution in [0.1, 0.15) is 23.2 Å². The van der Waals surface area contributed by atoms with Gasteiger partial charge in [-0.3, -0.25) is 4.79 Å². The minimum absolute atomic E-state index is 0.124. The summed E-state index contributed by atoms with van der Waals surface area (Å²) in [4.78, 5) is 18.4. The van der Waals surface area contributed by atoms with E-state index in [1.54, 1.807) is 12.1 Å². The molecule has 0 radical (unpaired) electrons. The van der Waals surface area contributed by atoms with Gasteiger partial charge in [0.25, 0.3) is 5.91 Å². The lowest BCUT2D eigenvalue weighted by molar-refractivity contribution is -0.110. The fourth-order valence-electron chi connectivity index (χ4n) is 3.93. The highest BCUT2D eigenvalue weighted by Gasteiger charge is 2.27. The van der Waals surface area contributed by atoms with Crippen LogP contribution >= 0.6 is 0 Å². The van der Waals surface area contributed by atoms with Gasteiger partial charge in [-0.25, -0.2) is 13.1 Å². The van der Waals surface area contributed by atoms with E-state index in [-0.39, 0.29) is 10.8 Å². The molecule has 31 heavy (non-hydrogen) atoms. The van der Waals surface area contributed by atoms with Crippen LogP contribution in [0.4, 0.5) is 5.69 Å². The molecule has 162 valence electrons. The first-order chi connectivity index (χ1) is 14.8. The molecule has 3 aromatic rings. The number of amides is 1. The van der Waals surface area contributed by atoms with E-state index in [0.717, 1.165) is 41.5 Å². The highest BCUT2D eigenvalue weighted by Crippen LogP contribution is 2.36. The molecule has 0 atom stereocenters. The van der Waals surface area contributed by atoms with Gasteiger partial charge < -0.3 is 15.2 Å². The number of aryl methyl sites for hydroxylation is 1. The monoisotopic (exact) mass is 438 g/mol. The van der Waals surface area contributed by atoms with E-state index in [0.29, 0.717) is 16.8 Å². The molecule has 2 aromatic carbocycles. The summed E-state index contributed by atoms with van der Waals surface area (Å²) in [5.41, 5.74) is 4.68. The molecule has 7 nitrogen and oxygen atoms in total. The Morgan fingerprint density at radius 2 is 1.90 bits per heavy atom. The number of carbonyl (C=O) groups is 1. The number of rotatable bonds is 7. The summed E-state index contributed by atoms with van der Waals surface area (Å²) >= 11 is 0. The second-order valence-electron chi connectivity index (χ2n) is 7.90. The minimum atomic E-state index is -3.61. The molecule has 2 heterocycles. The molecule has 0 bridgehead atoms. The fourth-order valence-corrected chi connectivity index (χ4v) is 4.68. The summed E-state index contributed by atoms with van der Waals surface area (Å²) in [7, 11) is 1.86. The maximum atomic E-state index is 12.7. The number of fused-ring (bicyclic) bond motifs is 2. The first kappa shape index (κ1) is 21.3. The maximum absolute atomic E-state index is 12.7. The van der Waals surface area contributed by atoms with Crippen LogP contribution in [-0.4, -0.2) is 51.9 Å². The van der Waals surface area contributed by atoms with Crippen molar-refractivity contribution in [2.45, 2.75) is 17.7 Å². The number of aromatic amines is 1. The lowest BCUT2D eigenvalue weighted by Crippen LogP contribution is -2.18. The molecule has 0 saturated heterocycles. The smallest absolute Gasteiger partial charge is 0.256 e. The number of H-pyrrole nitrogens is 1. The van der Waals surface area contributed by atoms with Crippen LogP contribution in [0.2, 0.25) is 0 Å². The molecule has 4 rings (SSSR count). The summed E-state index contributed by atoms with van der Waals surface area (Å²) in [6.07, 6.45) is 3.68. The van der Waals surface area contributed by atoms with Crippen LogP contribution in [-0.2, 0) is 21.2 Å². The number of carbonyl (C=O) groups excluding carboxylic acids is 1. The van der Waals surface area contributed by atoms with E-state index >= 15 is 0 Å². The van der Waals surface area contributed by atoms with Crippen molar-refractivity contribution < 1.29 is 13.2 Å². The van der Waals surface area contributed by atoms with Crippen molar-refractivity contribution in [3.8, 4) is 0 Å².